The fourth-order valence-electron chi connectivity index (χ4n) is 3.03. The van der Waals surface area contributed by atoms with Crippen molar-refractivity contribution in [3.05, 3.63) is 88.9 Å². The molecule has 3 aromatic rings. The van der Waals surface area contributed by atoms with Gasteiger partial charge >= 0.3 is 17.8 Å². The number of hydrogen-bond acceptors (Lipinski definition) is 7. The molecule has 10 heteroatoms. The number of rotatable bonds is 8. The van der Waals surface area contributed by atoms with Crippen LogP contribution < -0.4 is 16.0 Å². The predicted octanol–water partition coefficient (Wildman–Crippen LogP) is 3.57. The lowest BCUT2D eigenvalue weighted by atomic mass is 10.2. The Labute approximate surface area is 212 Å². The molecular weight excluding hydrogens is 476 g/mol. The molecule has 37 heavy (non-hydrogen) atoms. The summed E-state index contributed by atoms with van der Waals surface area (Å²) in [4.78, 5) is 48.4. The maximum atomic E-state index is 12.4. The van der Waals surface area contributed by atoms with E-state index in [0.717, 1.165) is 5.56 Å². The summed E-state index contributed by atoms with van der Waals surface area (Å²) in [5.74, 6) is -2.36. The smallest absolute Gasteiger partial charge is 0.338 e. The zero-order valence-electron chi connectivity index (χ0n) is 20.2. The number of nitrogens with zero attached hydrogens (tertiary/aromatic N) is 1. The summed E-state index contributed by atoms with van der Waals surface area (Å²) in [5.41, 5.74) is 2.06. The van der Waals surface area contributed by atoms with E-state index in [0.29, 0.717) is 22.7 Å². The molecule has 3 rings (SSSR count). The van der Waals surface area contributed by atoms with Crippen molar-refractivity contribution in [2.45, 2.75) is 20.4 Å². The lowest BCUT2D eigenvalue weighted by molar-refractivity contribution is -0.136. The van der Waals surface area contributed by atoms with Crippen molar-refractivity contribution < 1.29 is 28.3 Å². The molecule has 0 radical (unpaired) electrons. The van der Waals surface area contributed by atoms with E-state index in [1.165, 1.54) is 36.4 Å². The van der Waals surface area contributed by atoms with Crippen LogP contribution in [0.5, 0.6) is 0 Å². The van der Waals surface area contributed by atoms with Gasteiger partial charge in [-0.1, -0.05) is 17.7 Å². The van der Waals surface area contributed by atoms with E-state index in [2.05, 4.69) is 16.0 Å². The third kappa shape index (κ3) is 7.66. The molecule has 0 spiro atoms. The Morgan fingerprint density at radius 3 is 2.14 bits per heavy atom. The van der Waals surface area contributed by atoms with Crippen LogP contribution in [0.1, 0.15) is 34.4 Å². The maximum absolute atomic E-state index is 12.4. The minimum atomic E-state index is -0.907. The van der Waals surface area contributed by atoms with E-state index in [1.54, 1.807) is 25.1 Å². The first-order valence-corrected chi connectivity index (χ1v) is 11.2. The molecule has 1 aromatic heterocycles. The Morgan fingerprint density at radius 2 is 1.51 bits per heavy atom. The zero-order valence-corrected chi connectivity index (χ0v) is 20.2. The molecular formula is C27H24N4O6. The summed E-state index contributed by atoms with van der Waals surface area (Å²) in [5, 5.41) is 16.9. The molecule has 10 nitrogen and oxygen atoms in total. The summed E-state index contributed by atoms with van der Waals surface area (Å²) in [6.45, 7) is 3.76. The highest BCUT2D eigenvalue weighted by Gasteiger charge is 2.16. The van der Waals surface area contributed by atoms with Crippen molar-refractivity contribution in [1.29, 1.82) is 5.26 Å². The quantitative estimate of drug-likeness (QED) is 0.185. The Hall–Kier alpha value is -5.17. The number of nitriles is 1. The molecule has 0 bridgehead atoms. The minimum Gasteiger partial charge on any atom is -0.462 e. The molecule has 1 heterocycles. The van der Waals surface area contributed by atoms with Crippen LogP contribution in [0.15, 0.2) is 70.7 Å². The number of ether oxygens (including phenoxy) is 1. The summed E-state index contributed by atoms with van der Waals surface area (Å²) >= 11 is 0. The molecule has 0 aliphatic carbocycles. The SMILES string of the molecule is CCOC(=O)c1ccc(NC(=O)C(=O)NCc2ccc(/C=C(/C#N)C(=O)Nc3ccc(C)cc3)o2)cc1. The molecule has 3 N–H and O–H groups in total. The van der Waals surface area contributed by atoms with E-state index in [9.17, 15) is 24.4 Å². The normalized spacial score (nSPS) is 10.7. The molecule has 0 unspecified atom stereocenters. The van der Waals surface area contributed by atoms with Crippen molar-refractivity contribution in [3.8, 4) is 6.07 Å². The first kappa shape index (κ1) is 26.4. The molecule has 0 saturated heterocycles. The van der Waals surface area contributed by atoms with Crippen LogP contribution in [0.25, 0.3) is 6.08 Å². The van der Waals surface area contributed by atoms with E-state index in [1.807, 2.05) is 25.1 Å². The van der Waals surface area contributed by atoms with Crippen LogP contribution in [-0.4, -0.2) is 30.3 Å². The third-order valence-corrected chi connectivity index (χ3v) is 4.93. The van der Waals surface area contributed by atoms with Crippen LogP contribution >= 0.6 is 0 Å². The lowest BCUT2D eigenvalue weighted by Crippen LogP contribution is -2.34. The van der Waals surface area contributed by atoms with Gasteiger partial charge in [0.1, 0.15) is 23.2 Å². The summed E-state index contributed by atoms with van der Waals surface area (Å²) in [6, 6.07) is 17.9. The molecule has 0 fully saturated rings. The Bertz CT molecular complexity index is 1370. The number of esters is 1. The molecule has 0 atom stereocenters. The third-order valence-electron chi connectivity index (χ3n) is 4.93. The lowest BCUT2D eigenvalue weighted by Gasteiger charge is -2.07. The number of hydrogen-bond donors (Lipinski definition) is 3. The summed E-state index contributed by atoms with van der Waals surface area (Å²) in [6.07, 6.45) is 1.28. The minimum absolute atomic E-state index is 0.0979. The highest BCUT2D eigenvalue weighted by molar-refractivity contribution is 6.39. The van der Waals surface area contributed by atoms with Gasteiger partial charge in [0.25, 0.3) is 5.91 Å². The largest absolute Gasteiger partial charge is 0.462 e. The molecule has 0 saturated carbocycles. The van der Waals surface area contributed by atoms with Crippen LogP contribution in [0.4, 0.5) is 11.4 Å². The van der Waals surface area contributed by atoms with E-state index in [-0.39, 0.29) is 24.5 Å². The summed E-state index contributed by atoms with van der Waals surface area (Å²) < 4.78 is 10.4. The topological polar surface area (TPSA) is 151 Å². The molecule has 0 aliphatic heterocycles. The van der Waals surface area contributed by atoms with Crippen LogP contribution in [0, 0.1) is 18.3 Å². The molecule has 2 aromatic carbocycles. The second kappa shape index (κ2) is 12.5. The van der Waals surface area contributed by atoms with Gasteiger partial charge in [-0.3, -0.25) is 14.4 Å². The van der Waals surface area contributed by atoms with Gasteiger partial charge in [-0.2, -0.15) is 5.26 Å². The fourth-order valence-corrected chi connectivity index (χ4v) is 3.03. The standard InChI is InChI=1S/C27H24N4O6/c1-3-36-27(35)18-6-10-21(11-7-18)31-26(34)25(33)29-16-23-13-12-22(37-23)14-19(15-28)24(32)30-20-8-4-17(2)5-9-20/h4-14H,3,16H2,1-2H3,(H,29,33)(H,30,32)(H,31,34)/b19-14-. The number of carbonyl (C=O) groups excluding carboxylic acids is 4. The Morgan fingerprint density at radius 1 is 0.892 bits per heavy atom. The van der Waals surface area contributed by atoms with Crippen LogP contribution in [0.2, 0.25) is 0 Å². The zero-order chi connectivity index (χ0) is 26.8. The molecule has 3 amide bonds. The van der Waals surface area contributed by atoms with Crippen molar-refractivity contribution >= 4 is 41.1 Å². The van der Waals surface area contributed by atoms with Gasteiger partial charge in [0, 0.05) is 17.5 Å². The Kier molecular flexibility index (Phi) is 8.94. The number of anilines is 2. The van der Waals surface area contributed by atoms with Gasteiger partial charge in [0.15, 0.2) is 0 Å². The summed E-state index contributed by atoms with van der Waals surface area (Å²) in [7, 11) is 0. The van der Waals surface area contributed by atoms with Crippen molar-refractivity contribution in [3.63, 3.8) is 0 Å². The highest BCUT2D eigenvalue weighted by Crippen LogP contribution is 2.15. The van der Waals surface area contributed by atoms with E-state index in [4.69, 9.17) is 9.15 Å². The maximum Gasteiger partial charge on any atom is 0.338 e. The predicted molar refractivity (Wildman–Crippen MR) is 135 cm³/mol. The van der Waals surface area contributed by atoms with Crippen LogP contribution in [0.3, 0.4) is 0 Å². The van der Waals surface area contributed by atoms with E-state index < -0.39 is 23.7 Å². The first-order chi connectivity index (χ1) is 17.8. The van der Waals surface area contributed by atoms with Crippen molar-refractivity contribution in [2.75, 3.05) is 17.2 Å². The van der Waals surface area contributed by atoms with Gasteiger partial charge in [-0.15, -0.1) is 0 Å². The highest BCUT2D eigenvalue weighted by atomic mass is 16.5. The number of carbonyl (C=O) groups is 4. The number of furan rings is 1. The van der Waals surface area contributed by atoms with Gasteiger partial charge in [0.2, 0.25) is 0 Å². The number of aryl methyl sites for hydroxylation is 1. The number of benzene rings is 2. The monoisotopic (exact) mass is 500 g/mol. The fraction of sp³-hybridized carbons (Fsp3) is 0.148. The van der Waals surface area contributed by atoms with Crippen molar-refractivity contribution in [2.24, 2.45) is 0 Å². The molecule has 0 aliphatic rings. The van der Waals surface area contributed by atoms with Gasteiger partial charge in [0.05, 0.1) is 18.7 Å². The van der Waals surface area contributed by atoms with E-state index >= 15 is 0 Å². The Balaban J connectivity index is 1.53. The van der Waals surface area contributed by atoms with Crippen LogP contribution in [-0.2, 0) is 25.7 Å². The first-order valence-electron chi connectivity index (χ1n) is 11.2. The number of nitrogens with one attached hydrogen (secondary N) is 3. The number of amides is 3. The van der Waals surface area contributed by atoms with Crippen molar-refractivity contribution in [1.82, 2.24) is 5.32 Å². The second-order valence-corrected chi connectivity index (χ2v) is 7.73. The average molecular weight is 501 g/mol. The van der Waals surface area contributed by atoms with Gasteiger partial charge in [-0.25, -0.2) is 4.79 Å². The second-order valence-electron chi connectivity index (χ2n) is 7.73. The van der Waals surface area contributed by atoms with Gasteiger partial charge < -0.3 is 25.1 Å². The van der Waals surface area contributed by atoms with Gasteiger partial charge in [-0.05, 0) is 62.4 Å². The molecule has 188 valence electrons. The average Bonchev–Trinajstić information content (AvgIpc) is 3.35.